The Labute approximate surface area is 101 Å². The van der Waals surface area contributed by atoms with Crippen LogP contribution in [0.5, 0.6) is 0 Å². The monoisotopic (exact) mass is 250 g/mol. The van der Waals surface area contributed by atoms with E-state index in [2.05, 4.69) is 25.3 Å². The molecule has 0 saturated heterocycles. The third-order valence-corrected chi connectivity index (χ3v) is 2.64. The van der Waals surface area contributed by atoms with Gasteiger partial charge in [-0.25, -0.2) is 9.97 Å². The SMILES string of the molecule is CNc1cc(Sc2nccc(=O)[nH]2)nc(N)n1. The van der Waals surface area contributed by atoms with Crippen molar-refractivity contribution in [2.24, 2.45) is 0 Å². The number of rotatable bonds is 3. The number of nitrogens with one attached hydrogen (secondary N) is 2. The third kappa shape index (κ3) is 2.94. The first-order valence-electron chi connectivity index (χ1n) is 4.73. The van der Waals surface area contributed by atoms with Gasteiger partial charge in [0.05, 0.1) is 0 Å². The van der Waals surface area contributed by atoms with Gasteiger partial charge in [-0.2, -0.15) is 4.98 Å². The van der Waals surface area contributed by atoms with Crippen molar-refractivity contribution in [3.05, 3.63) is 28.7 Å². The van der Waals surface area contributed by atoms with E-state index in [0.29, 0.717) is 16.0 Å². The van der Waals surface area contributed by atoms with E-state index >= 15 is 0 Å². The van der Waals surface area contributed by atoms with Crippen LogP contribution in [-0.4, -0.2) is 27.0 Å². The highest BCUT2D eigenvalue weighted by Gasteiger charge is 2.04. The summed E-state index contributed by atoms with van der Waals surface area (Å²) in [6.45, 7) is 0. The van der Waals surface area contributed by atoms with Crippen LogP contribution in [0, 0.1) is 0 Å². The van der Waals surface area contributed by atoms with Crippen molar-refractivity contribution in [3.63, 3.8) is 0 Å². The molecular formula is C9H10N6OS. The lowest BCUT2D eigenvalue weighted by Crippen LogP contribution is -2.06. The molecule has 4 N–H and O–H groups in total. The minimum absolute atomic E-state index is 0.164. The van der Waals surface area contributed by atoms with Crippen LogP contribution in [0.15, 0.2) is 33.3 Å². The Bertz CT molecular complexity index is 584. The second-order valence-corrected chi connectivity index (χ2v) is 4.05. The van der Waals surface area contributed by atoms with E-state index in [1.165, 1.54) is 24.0 Å². The van der Waals surface area contributed by atoms with Crippen molar-refractivity contribution in [3.8, 4) is 0 Å². The van der Waals surface area contributed by atoms with E-state index in [9.17, 15) is 4.79 Å². The molecule has 88 valence electrons. The lowest BCUT2D eigenvalue weighted by Gasteiger charge is -2.03. The number of aromatic amines is 1. The van der Waals surface area contributed by atoms with Crippen molar-refractivity contribution in [2.45, 2.75) is 10.2 Å². The van der Waals surface area contributed by atoms with E-state index in [1.54, 1.807) is 13.1 Å². The summed E-state index contributed by atoms with van der Waals surface area (Å²) in [5.41, 5.74) is 5.34. The predicted molar refractivity (Wildman–Crippen MR) is 65.0 cm³/mol. The first kappa shape index (κ1) is 11.4. The minimum Gasteiger partial charge on any atom is -0.373 e. The average molecular weight is 250 g/mol. The molecule has 2 aromatic rings. The highest BCUT2D eigenvalue weighted by molar-refractivity contribution is 7.99. The Morgan fingerprint density at radius 3 is 3.00 bits per heavy atom. The van der Waals surface area contributed by atoms with Gasteiger partial charge in [0, 0.05) is 25.4 Å². The molecule has 0 aliphatic carbocycles. The molecule has 0 aliphatic rings. The maximum Gasteiger partial charge on any atom is 0.251 e. The fourth-order valence-electron chi connectivity index (χ4n) is 1.13. The normalized spacial score (nSPS) is 10.2. The minimum atomic E-state index is -0.210. The van der Waals surface area contributed by atoms with Gasteiger partial charge in [0.25, 0.3) is 5.56 Å². The van der Waals surface area contributed by atoms with Gasteiger partial charge in [0.2, 0.25) is 5.95 Å². The zero-order chi connectivity index (χ0) is 12.3. The van der Waals surface area contributed by atoms with Crippen molar-refractivity contribution < 1.29 is 0 Å². The second kappa shape index (κ2) is 4.83. The van der Waals surface area contributed by atoms with Gasteiger partial charge >= 0.3 is 0 Å². The molecule has 0 spiro atoms. The van der Waals surface area contributed by atoms with Crippen LogP contribution < -0.4 is 16.6 Å². The van der Waals surface area contributed by atoms with Crippen LogP contribution in [-0.2, 0) is 0 Å². The van der Waals surface area contributed by atoms with E-state index < -0.39 is 0 Å². The third-order valence-electron chi connectivity index (χ3n) is 1.83. The van der Waals surface area contributed by atoms with Gasteiger partial charge in [-0.05, 0) is 11.8 Å². The maximum atomic E-state index is 11.1. The fourth-order valence-corrected chi connectivity index (χ4v) is 1.90. The van der Waals surface area contributed by atoms with Crippen LogP contribution in [0.1, 0.15) is 0 Å². The predicted octanol–water partition coefficient (Wildman–Crippen LogP) is 0.335. The topological polar surface area (TPSA) is 110 Å². The summed E-state index contributed by atoms with van der Waals surface area (Å²) in [6, 6.07) is 3.06. The molecule has 7 nitrogen and oxygen atoms in total. The molecule has 0 aliphatic heterocycles. The van der Waals surface area contributed by atoms with Gasteiger partial charge in [-0.15, -0.1) is 0 Å². The fraction of sp³-hybridized carbons (Fsp3) is 0.111. The summed E-state index contributed by atoms with van der Waals surface area (Å²) in [6.07, 6.45) is 1.44. The van der Waals surface area contributed by atoms with E-state index in [1.807, 2.05) is 0 Å². The summed E-state index contributed by atoms with van der Waals surface area (Å²) < 4.78 is 0. The van der Waals surface area contributed by atoms with Gasteiger partial charge < -0.3 is 16.0 Å². The Kier molecular flexibility index (Phi) is 3.24. The quantitative estimate of drug-likeness (QED) is 0.532. The first-order valence-corrected chi connectivity index (χ1v) is 5.54. The molecule has 17 heavy (non-hydrogen) atoms. The smallest absolute Gasteiger partial charge is 0.251 e. The van der Waals surface area contributed by atoms with Crippen LogP contribution >= 0.6 is 11.8 Å². The van der Waals surface area contributed by atoms with Crippen molar-refractivity contribution in [2.75, 3.05) is 18.1 Å². The van der Waals surface area contributed by atoms with E-state index in [-0.39, 0.29) is 11.5 Å². The highest BCUT2D eigenvalue weighted by Crippen LogP contribution is 2.23. The second-order valence-electron chi connectivity index (χ2n) is 3.04. The molecule has 0 unspecified atom stereocenters. The zero-order valence-corrected chi connectivity index (χ0v) is 9.78. The molecule has 0 saturated carbocycles. The zero-order valence-electron chi connectivity index (χ0n) is 8.97. The van der Waals surface area contributed by atoms with Gasteiger partial charge in [0.15, 0.2) is 5.16 Å². The molecule has 8 heteroatoms. The molecule has 2 aromatic heterocycles. The Morgan fingerprint density at radius 1 is 1.47 bits per heavy atom. The summed E-state index contributed by atoms with van der Waals surface area (Å²) in [7, 11) is 1.73. The number of nitrogens with zero attached hydrogens (tertiary/aromatic N) is 3. The first-order chi connectivity index (χ1) is 8.17. The largest absolute Gasteiger partial charge is 0.373 e. The molecule has 2 heterocycles. The number of aromatic nitrogens is 4. The number of hydrogen-bond acceptors (Lipinski definition) is 7. The summed E-state index contributed by atoms with van der Waals surface area (Å²) in [4.78, 5) is 25.7. The van der Waals surface area contributed by atoms with Gasteiger partial charge in [0.1, 0.15) is 10.8 Å². The van der Waals surface area contributed by atoms with Gasteiger partial charge in [-0.1, -0.05) is 0 Å². The number of H-pyrrole nitrogens is 1. The lowest BCUT2D eigenvalue weighted by atomic mass is 10.6. The molecule has 0 bridgehead atoms. The maximum absolute atomic E-state index is 11.1. The van der Waals surface area contributed by atoms with E-state index in [0.717, 1.165) is 0 Å². The molecule has 0 radical (unpaired) electrons. The average Bonchev–Trinajstić information content (AvgIpc) is 2.28. The Morgan fingerprint density at radius 2 is 2.29 bits per heavy atom. The van der Waals surface area contributed by atoms with Crippen LogP contribution in [0.25, 0.3) is 0 Å². The van der Waals surface area contributed by atoms with Crippen molar-refractivity contribution >= 4 is 23.5 Å². The molecular weight excluding hydrogens is 240 g/mol. The highest BCUT2D eigenvalue weighted by atomic mass is 32.2. The van der Waals surface area contributed by atoms with Crippen LogP contribution in [0.2, 0.25) is 0 Å². The number of nitrogen functional groups attached to an aromatic ring is 1. The number of anilines is 2. The van der Waals surface area contributed by atoms with Crippen molar-refractivity contribution in [1.82, 2.24) is 19.9 Å². The van der Waals surface area contributed by atoms with Crippen molar-refractivity contribution in [1.29, 1.82) is 0 Å². The molecule has 0 atom stereocenters. The molecule has 2 rings (SSSR count). The van der Waals surface area contributed by atoms with Crippen LogP contribution in [0.3, 0.4) is 0 Å². The van der Waals surface area contributed by atoms with Gasteiger partial charge in [-0.3, -0.25) is 4.79 Å². The van der Waals surface area contributed by atoms with Crippen LogP contribution in [0.4, 0.5) is 11.8 Å². The molecule has 0 amide bonds. The Hall–Kier alpha value is -2.09. The Balaban J connectivity index is 2.29. The van der Waals surface area contributed by atoms with E-state index in [4.69, 9.17) is 5.73 Å². The summed E-state index contributed by atoms with van der Waals surface area (Å²) >= 11 is 1.21. The lowest BCUT2D eigenvalue weighted by molar-refractivity contribution is 0.930. The standard InChI is InChI=1S/C9H10N6OS/c1-11-5-4-7(15-8(10)13-5)17-9-12-3-2-6(16)14-9/h2-4H,1H3,(H,12,14,16)(H3,10,11,13,15). The molecule has 0 fully saturated rings. The molecule has 0 aromatic carbocycles. The summed E-state index contributed by atoms with van der Waals surface area (Å²) in [5.74, 6) is 0.774. The number of hydrogen-bond donors (Lipinski definition) is 3. The number of nitrogens with two attached hydrogens (primary N) is 1. The summed E-state index contributed by atoms with van der Waals surface area (Å²) in [5, 5.41) is 3.93.